The maximum atomic E-state index is 9.90. The van der Waals surface area contributed by atoms with E-state index in [1.807, 2.05) is 0 Å². The van der Waals surface area contributed by atoms with Crippen molar-refractivity contribution in [3.05, 3.63) is 5.56 Å². The Hall–Kier alpha value is -1.58. The smallest absolute Gasteiger partial charge is 0.219 e. The minimum Gasteiger partial charge on any atom is -0.504 e. The molecule has 0 bridgehead atoms. The standard InChI is InChI=1S/C18H28O4/c1-2-3-4-5-6-7-8-9-10-11-12-13-14(19)16(21)18-17(22-18)15(13)20/h19-21H,2-12H2,1H3. The van der Waals surface area contributed by atoms with Crippen LogP contribution in [-0.2, 0) is 6.42 Å². The van der Waals surface area contributed by atoms with E-state index in [0.717, 1.165) is 12.8 Å². The van der Waals surface area contributed by atoms with Crippen LogP contribution in [0.4, 0.5) is 0 Å². The number of hydrogen-bond donors (Lipinski definition) is 3. The highest BCUT2D eigenvalue weighted by Gasteiger charge is 2.35. The predicted molar refractivity (Wildman–Crippen MR) is 87.1 cm³/mol. The van der Waals surface area contributed by atoms with E-state index in [4.69, 9.17) is 4.74 Å². The summed E-state index contributed by atoms with van der Waals surface area (Å²) in [6, 6.07) is 0. The Balaban J connectivity index is 1.58. The summed E-state index contributed by atoms with van der Waals surface area (Å²) in [4.78, 5) is 0. The number of rotatable bonds is 11. The second-order valence-electron chi connectivity index (χ2n) is 6.22. The van der Waals surface area contributed by atoms with Crippen molar-refractivity contribution in [3.8, 4) is 28.7 Å². The van der Waals surface area contributed by atoms with Crippen molar-refractivity contribution in [2.75, 3.05) is 0 Å². The van der Waals surface area contributed by atoms with E-state index in [2.05, 4.69) is 6.92 Å². The van der Waals surface area contributed by atoms with Crippen LogP contribution in [0.3, 0.4) is 0 Å². The van der Waals surface area contributed by atoms with Gasteiger partial charge in [-0.05, 0) is 12.8 Å². The number of unbranched alkanes of at least 4 members (excludes halogenated alkanes) is 9. The molecule has 4 nitrogen and oxygen atoms in total. The number of ether oxygens (including phenoxy) is 1. The zero-order valence-corrected chi connectivity index (χ0v) is 13.5. The van der Waals surface area contributed by atoms with Gasteiger partial charge in [0.25, 0.3) is 0 Å². The Morgan fingerprint density at radius 1 is 0.636 bits per heavy atom. The van der Waals surface area contributed by atoms with Crippen molar-refractivity contribution in [3.63, 3.8) is 0 Å². The number of hydrogen-bond acceptors (Lipinski definition) is 4. The summed E-state index contributed by atoms with van der Waals surface area (Å²) in [5, 5.41) is 29.4. The highest BCUT2D eigenvalue weighted by atomic mass is 16.6. The van der Waals surface area contributed by atoms with Gasteiger partial charge in [-0.15, -0.1) is 0 Å². The van der Waals surface area contributed by atoms with E-state index in [1.54, 1.807) is 0 Å². The fourth-order valence-electron chi connectivity index (χ4n) is 2.91. The maximum Gasteiger partial charge on any atom is 0.219 e. The summed E-state index contributed by atoms with van der Waals surface area (Å²) < 4.78 is 4.96. The lowest BCUT2D eigenvalue weighted by Crippen LogP contribution is -1.88. The summed E-state index contributed by atoms with van der Waals surface area (Å²) in [6.45, 7) is 2.24. The largest absolute Gasteiger partial charge is 0.504 e. The third-order valence-electron chi connectivity index (χ3n) is 4.38. The summed E-state index contributed by atoms with van der Waals surface area (Å²) >= 11 is 0. The fourth-order valence-corrected chi connectivity index (χ4v) is 2.91. The Morgan fingerprint density at radius 3 is 1.73 bits per heavy atom. The Labute approximate surface area is 132 Å². The van der Waals surface area contributed by atoms with Crippen molar-refractivity contribution in [2.45, 2.75) is 77.6 Å². The van der Waals surface area contributed by atoms with Gasteiger partial charge in [0.2, 0.25) is 17.2 Å². The number of phenols is 3. The lowest BCUT2D eigenvalue weighted by atomic mass is 10.0. The van der Waals surface area contributed by atoms with Crippen LogP contribution in [0.5, 0.6) is 28.7 Å². The first kappa shape index (κ1) is 16.8. The van der Waals surface area contributed by atoms with Crippen molar-refractivity contribution in [2.24, 2.45) is 0 Å². The Morgan fingerprint density at radius 2 is 1.14 bits per heavy atom. The van der Waals surface area contributed by atoms with Crippen molar-refractivity contribution in [1.82, 2.24) is 0 Å². The number of benzene rings is 1. The molecule has 1 aromatic rings. The molecule has 0 saturated carbocycles. The zero-order chi connectivity index (χ0) is 15.9. The summed E-state index contributed by atoms with van der Waals surface area (Å²) in [7, 11) is 0. The van der Waals surface area contributed by atoms with E-state index in [-0.39, 0.29) is 23.0 Å². The van der Waals surface area contributed by atoms with Gasteiger partial charge in [-0.1, -0.05) is 64.7 Å². The molecule has 0 amide bonds. The van der Waals surface area contributed by atoms with Crippen molar-refractivity contribution in [1.29, 1.82) is 0 Å². The minimum absolute atomic E-state index is 0.0128. The van der Waals surface area contributed by atoms with Gasteiger partial charge in [-0.2, -0.15) is 0 Å². The first-order chi connectivity index (χ1) is 10.7. The molecule has 1 heterocycles. The highest BCUT2D eigenvalue weighted by molar-refractivity contribution is 5.76. The average molecular weight is 308 g/mol. The monoisotopic (exact) mass is 308 g/mol. The van der Waals surface area contributed by atoms with E-state index in [9.17, 15) is 15.3 Å². The quantitative estimate of drug-likeness (QED) is 0.226. The third kappa shape index (κ3) is 4.21. The lowest BCUT2D eigenvalue weighted by Gasteiger charge is -2.06. The topological polar surface area (TPSA) is 73.2 Å². The van der Waals surface area contributed by atoms with Crippen molar-refractivity contribution >= 4 is 0 Å². The molecule has 0 radical (unpaired) electrons. The first-order valence-electron chi connectivity index (χ1n) is 8.64. The fraction of sp³-hybridized carbons (Fsp3) is 0.667. The van der Waals surface area contributed by atoms with E-state index >= 15 is 0 Å². The van der Waals surface area contributed by atoms with E-state index < -0.39 is 0 Å². The summed E-state index contributed by atoms with van der Waals surface area (Å²) in [6.07, 6.45) is 13.0. The van der Waals surface area contributed by atoms with Gasteiger partial charge in [0.1, 0.15) is 0 Å². The van der Waals surface area contributed by atoms with Gasteiger partial charge < -0.3 is 20.1 Å². The molecular formula is C18H28O4. The number of aromatic hydroxyl groups is 3. The Kier molecular flexibility index (Phi) is 6.22. The predicted octanol–water partition coefficient (Wildman–Crippen LogP) is 5.37. The SMILES string of the molecule is CCCCCCCCCCCCc1c(O)c(O)c2c(c1O)O2. The molecule has 0 atom stereocenters. The summed E-state index contributed by atoms with van der Waals surface area (Å²) in [5.41, 5.74) is 0.410. The number of phenolic OH excluding ortho intramolecular Hbond substituents is 3. The molecule has 0 fully saturated rings. The highest BCUT2D eigenvalue weighted by Crippen LogP contribution is 2.63. The van der Waals surface area contributed by atoms with Gasteiger partial charge in [0.15, 0.2) is 11.5 Å². The molecule has 1 aromatic carbocycles. The summed E-state index contributed by atoms with van der Waals surface area (Å²) in [5.74, 6) is 0.0416. The van der Waals surface area contributed by atoms with Gasteiger partial charge >= 0.3 is 0 Å². The van der Waals surface area contributed by atoms with Crippen LogP contribution in [0, 0.1) is 0 Å². The molecule has 0 aliphatic carbocycles. The van der Waals surface area contributed by atoms with Crippen LogP contribution in [0.2, 0.25) is 0 Å². The minimum atomic E-state index is -0.241. The normalized spacial score (nSPS) is 12.0. The van der Waals surface area contributed by atoms with E-state index in [1.165, 1.54) is 51.4 Å². The van der Waals surface area contributed by atoms with Crippen LogP contribution < -0.4 is 4.74 Å². The van der Waals surface area contributed by atoms with Gasteiger partial charge in [-0.25, -0.2) is 0 Å². The van der Waals surface area contributed by atoms with Gasteiger partial charge in [-0.3, -0.25) is 0 Å². The molecular weight excluding hydrogens is 280 g/mol. The van der Waals surface area contributed by atoms with Crippen LogP contribution >= 0.6 is 0 Å². The molecule has 0 saturated heterocycles. The molecule has 4 heteroatoms. The molecule has 0 spiro atoms. The third-order valence-corrected chi connectivity index (χ3v) is 4.38. The molecule has 0 aromatic heterocycles. The molecule has 0 unspecified atom stereocenters. The number of fused-ring (bicyclic) bond motifs is 1. The molecule has 22 heavy (non-hydrogen) atoms. The first-order valence-corrected chi connectivity index (χ1v) is 8.64. The molecule has 2 rings (SSSR count). The average Bonchev–Trinajstić information content (AvgIpc) is 3.31. The second kappa shape index (κ2) is 8.16. The Bertz CT molecular complexity index is 497. The molecule has 1 aliphatic rings. The van der Waals surface area contributed by atoms with Crippen LogP contribution in [0.15, 0.2) is 0 Å². The maximum absolute atomic E-state index is 9.90. The molecule has 1 aliphatic heterocycles. The van der Waals surface area contributed by atoms with Crippen molar-refractivity contribution < 1.29 is 20.1 Å². The lowest BCUT2D eigenvalue weighted by molar-refractivity contribution is 0.390. The van der Waals surface area contributed by atoms with Gasteiger partial charge in [0.05, 0.1) is 0 Å². The molecule has 3 N–H and O–H groups in total. The van der Waals surface area contributed by atoms with Crippen LogP contribution in [0.1, 0.15) is 76.7 Å². The van der Waals surface area contributed by atoms with E-state index in [0.29, 0.717) is 17.7 Å². The van der Waals surface area contributed by atoms with Crippen LogP contribution in [0.25, 0.3) is 0 Å². The second-order valence-corrected chi connectivity index (χ2v) is 6.22. The van der Waals surface area contributed by atoms with Crippen LogP contribution in [-0.4, -0.2) is 15.3 Å². The zero-order valence-electron chi connectivity index (χ0n) is 13.5. The molecule has 124 valence electrons. The van der Waals surface area contributed by atoms with Gasteiger partial charge in [0, 0.05) is 5.56 Å².